The van der Waals surface area contributed by atoms with Crippen molar-refractivity contribution in [2.24, 2.45) is 0 Å². The fourth-order valence-corrected chi connectivity index (χ4v) is 1.17. The number of aromatic carboxylic acids is 1. The molecule has 0 saturated heterocycles. The van der Waals surface area contributed by atoms with Gasteiger partial charge in [-0.15, -0.1) is 0 Å². The zero-order valence-electron chi connectivity index (χ0n) is 9.27. The molecule has 2 N–H and O–H groups in total. The molecule has 1 rings (SSSR count). The molecule has 0 unspecified atom stereocenters. The first-order valence-corrected chi connectivity index (χ1v) is 4.89. The van der Waals surface area contributed by atoms with Crippen molar-refractivity contribution in [1.82, 2.24) is 4.98 Å². The number of nitro groups is 1. The molecule has 10 heteroatoms. The highest BCUT2D eigenvalue weighted by molar-refractivity contribution is 5.88. The topological polar surface area (TPSA) is 105 Å². The highest BCUT2D eigenvalue weighted by Crippen LogP contribution is 2.24. The van der Waals surface area contributed by atoms with Crippen LogP contribution in [-0.2, 0) is 0 Å². The average Bonchev–Trinajstić information content (AvgIpc) is 2.27. The molecule has 0 aromatic carbocycles. The van der Waals surface area contributed by atoms with E-state index in [0.717, 1.165) is 12.3 Å². The van der Waals surface area contributed by atoms with Crippen LogP contribution in [0.25, 0.3) is 0 Å². The zero-order valence-corrected chi connectivity index (χ0v) is 9.27. The minimum Gasteiger partial charge on any atom is -0.478 e. The van der Waals surface area contributed by atoms with Gasteiger partial charge in [-0.05, 0) is 0 Å². The van der Waals surface area contributed by atoms with Crippen LogP contribution in [0.4, 0.5) is 24.7 Å². The van der Waals surface area contributed by atoms with E-state index >= 15 is 0 Å². The monoisotopic (exact) mass is 279 g/mol. The molecule has 0 spiro atoms. The molecule has 104 valence electrons. The summed E-state index contributed by atoms with van der Waals surface area (Å²) in [5, 5.41) is 21.5. The molecule has 1 aromatic rings. The summed E-state index contributed by atoms with van der Waals surface area (Å²) >= 11 is 0. The average molecular weight is 279 g/mol. The number of halogens is 3. The smallest absolute Gasteiger partial charge is 0.390 e. The summed E-state index contributed by atoms with van der Waals surface area (Å²) in [5.41, 5.74) is -1.12. The molecule has 19 heavy (non-hydrogen) atoms. The predicted molar refractivity (Wildman–Crippen MR) is 57.0 cm³/mol. The fraction of sp³-hybridized carbons (Fsp3) is 0.333. The minimum atomic E-state index is -4.40. The second kappa shape index (κ2) is 5.50. The normalized spacial score (nSPS) is 11.1. The summed E-state index contributed by atoms with van der Waals surface area (Å²) in [6.07, 6.45) is -4.76. The Labute approximate surface area is 104 Å². The lowest BCUT2D eigenvalue weighted by atomic mass is 10.2. The Bertz CT molecular complexity index is 504. The predicted octanol–water partition coefficient (Wildman–Crippen LogP) is 2.05. The summed E-state index contributed by atoms with van der Waals surface area (Å²) in [6, 6.07) is 0.727. The molecular formula is C9H8F3N3O4. The number of aromatic nitrogens is 1. The van der Waals surface area contributed by atoms with Gasteiger partial charge in [0.1, 0.15) is 0 Å². The number of carboxylic acid groups (broad SMARTS) is 1. The van der Waals surface area contributed by atoms with Gasteiger partial charge in [0, 0.05) is 18.8 Å². The largest absolute Gasteiger partial charge is 0.478 e. The Morgan fingerprint density at radius 1 is 1.53 bits per heavy atom. The molecule has 0 aliphatic carbocycles. The molecule has 0 radical (unpaired) electrons. The van der Waals surface area contributed by atoms with Gasteiger partial charge in [-0.1, -0.05) is 0 Å². The van der Waals surface area contributed by atoms with Crippen molar-refractivity contribution in [3.8, 4) is 0 Å². The quantitative estimate of drug-likeness (QED) is 0.631. The SMILES string of the molecule is O=C(O)c1cnc(NCCC(F)(F)F)c([N+](=O)[O-])c1. The molecule has 1 aromatic heterocycles. The van der Waals surface area contributed by atoms with Gasteiger partial charge in [0.25, 0.3) is 0 Å². The summed E-state index contributed by atoms with van der Waals surface area (Å²) in [5.74, 6) is -1.82. The van der Waals surface area contributed by atoms with Crippen LogP contribution in [0.5, 0.6) is 0 Å². The van der Waals surface area contributed by atoms with Gasteiger partial charge in [0.05, 0.1) is 16.9 Å². The Kier molecular flexibility index (Phi) is 4.25. The van der Waals surface area contributed by atoms with Gasteiger partial charge in [-0.2, -0.15) is 13.2 Å². The standard InChI is InChI=1S/C9H8F3N3O4/c10-9(11,12)1-2-13-7-6(15(18)19)3-5(4-14-7)8(16)17/h3-4H,1-2H2,(H,13,14)(H,16,17). The lowest BCUT2D eigenvalue weighted by Gasteiger charge is -2.08. The van der Waals surface area contributed by atoms with Crippen LogP contribution in [0.15, 0.2) is 12.3 Å². The third-order valence-electron chi connectivity index (χ3n) is 2.01. The van der Waals surface area contributed by atoms with E-state index in [1.165, 1.54) is 0 Å². The van der Waals surface area contributed by atoms with Crippen LogP contribution >= 0.6 is 0 Å². The second-order valence-electron chi connectivity index (χ2n) is 3.45. The van der Waals surface area contributed by atoms with Crippen molar-refractivity contribution in [3.63, 3.8) is 0 Å². The number of carboxylic acids is 1. The number of alkyl halides is 3. The van der Waals surface area contributed by atoms with Crippen molar-refractivity contribution in [2.45, 2.75) is 12.6 Å². The van der Waals surface area contributed by atoms with E-state index in [0.29, 0.717) is 0 Å². The first-order valence-electron chi connectivity index (χ1n) is 4.89. The van der Waals surface area contributed by atoms with E-state index in [9.17, 15) is 28.1 Å². The number of anilines is 1. The van der Waals surface area contributed by atoms with E-state index in [1.807, 2.05) is 0 Å². The van der Waals surface area contributed by atoms with Crippen LogP contribution in [0.2, 0.25) is 0 Å². The number of hydrogen-bond acceptors (Lipinski definition) is 5. The first kappa shape index (κ1) is 14.7. The zero-order chi connectivity index (χ0) is 14.6. The van der Waals surface area contributed by atoms with Crippen LogP contribution < -0.4 is 5.32 Å². The Balaban J connectivity index is 2.89. The van der Waals surface area contributed by atoms with Crippen LogP contribution in [-0.4, -0.2) is 33.7 Å². The van der Waals surface area contributed by atoms with E-state index in [1.54, 1.807) is 0 Å². The molecule has 0 bridgehead atoms. The number of nitrogens with zero attached hydrogens (tertiary/aromatic N) is 2. The molecule has 0 saturated carbocycles. The third-order valence-corrected chi connectivity index (χ3v) is 2.01. The van der Waals surface area contributed by atoms with Gasteiger partial charge >= 0.3 is 17.8 Å². The number of carbonyl (C=O) groups is 1. The highest BCUT2D eigenvalue weighted by atomic mass is 19.4. The molecular weight excluding hydrogens is 271 g/mol. The van der Waals surface area contributed by atoms with Crippen molar-refractivity contribution in [2.75, 3.05) is 11.9 Å². The van der Waals surface area contributed by atoms with Crippen molar-refractivity contribution in [1.29, 1.82) is 0 Å². The van der Waals surface area contributed by atoms with E-state index in [2.05, 4.69) is 10.3 Å². The summed E-state index contributed by atoms with van der Waals surface area (Å²) in [6.45, 7) is -0.593. The minimum absolute atomic E-state index is 0.403. The Morgan fingerprint density at radius 2 is 2.16 bits per heavy atom. The maximum absolute atomic E-state index is 11.9. The van der Waals surface area contributed by atoms with Gasteiger partial charge in [-0.25, -0.2) is 9.78 Å². The molecule has 0 atom stereocenters. The number of pyridine rings is 1. The fourth-order valence-electron chi connectivity index (χ4n) is 1.17. The van der Waals surface area contributed by atoms with Gasteiger partial charge < -0.3 is 10.4 Å². The number of nitrogens with one attached hydrogen (secondary N) is 1. The Hall–Kier alpha value is -2.39. The maximum atomic E-state index is 11.9. The van der Waals surface area contributed by atoms with Gasteiger partial charge in [0.15, 0.2) is 0 Å². The van der Waals surface area contributed by atoms with E-state index in [4.69, 9.17) is 5.11 Å². The molecule has 0 amide bonds. The van der Waals surface area contributed by atoms with Crippen molar-refractivity contribution in [3.05, 3.63) is 27.9 Å². The maximum Gasteiger partial charge on any atom is 0.390 e. The molecule has 7 nitrogen and oxygen atoms in total. The lowest BCUT2D eigenvalue weighted by molar-refractivity contribution is -0.384. The summed E-state index contributed by atoms with van der Waals surface area (Å²) in [7, 11) is 0. The van der Waals surface area contributed by atoms with Crippen LogP contribution in [0.1, 0.15) is 16.8 Å². The van der Waals surface area contributed by atoms with Crippen molar-refractivity contribution < 1.29 is 28.0 Å². The highest BCUT2D eigenvalue weighted by Gasteiger charge is 2.27. The number of rotatable bonds is 5. The van der Waals surface area contributed by atoms with E-state index in [-0.39, 0.29) is 0 Å². The summed E-state index contributed by atoms with van der Waals surface area (Å²) < 4.78 is 35.7. The molecule has 1 heterocycles. The lowest BCUT2D eigenvalue weighted by Crippen LogP contribution is -2.16. The van der Waals surface area contributed by atoms with Crippen LogP contribution in [0.3, 0.4) is 0 Å². The van der Waals surface area contributed by atoms with Gasteiger partial charge in [-0.3, -0.25) is 10.1 Å². The molecule has 0 fully saturated rings. The van der Waals surface area contributed by atoms with Crippen molar-refractivity contribution >= 4 is 17.5 Å². The Morgan fingerprint density at radius 3 is 2.63 bits per heavy atom. The van der Waals surface area contributed by atoms with Gasteiger partial charge in [0.2, 0.25) is 5.82 Å². The second-order valence-corrected chi connectivity index (χ2v) is 3.45. The number of hydrogen-bond donors (Lipinski definition) is 2. The first-order chi connectivity index (χ1) is 8.70. The third kappa shape index (κ3) is 4.41. The van der Waals surface area contributed by atoms with E-state index < -0.39 is 47.1 Å². The summed E-state index contributed by atoms with van der Waals surface area (Å²) in [4.78, 5) is 23.8. The molecule has 0 aliphatic rings. The van der Waals surface area contributed by atoms with Crippen LogP contribution in [0, 0.1) is 10.1 Å². The molecule has 0 aliphatic heterocycles.